The summed E-state index contributed by atoms with van der Waals surface area (Å²) < 4.78 is 8.14. The van der Waals surface area contributed by atoms with Crippen molar-refractivity contribution < 1.29 is 9.53 Å². The van der Waals surface area contributed by atoms with E-state index in [0.717, 1.165) is 30.2 Å². The van der Waals surface area contributed by atoms with Gasteiger partial charge in [0, 0.05) is 25.6 Å². The Morgan fingerprint density at radius 2 is 1.74 bits per heavy atom. The number of ether oxygens (including phenoxy) is 1. The molecular weight excluding hydrogens is 444 g/mol. The summed E-state index contributed by atoms with van der Waals surface area (Å²) in [6.07, 6.45) is 6.99. The normalized spacial score (nSPS) is 21.8. The maximum atomic E-state index is 13.0. The van der Waals surface area contributed by atoms with Gasteiger partial charge in [-0.1, -0.05) is 73.5 Å². The van der Waals surface area contributed by atoms with Gasteiger partial charge in [0.05, 0.1) is 18.0 Å². The highest BCUT2D eigenvalue weighted by atomic mass is 32.2. The van der Waals surface area contributed by atoms with Crippen LogP contribution in [-0.2, 0) is 16.0 Å². The molecule has 0 radical (unpaired) electrons. The molecular formula is C27H34N4O2S. The fraction of sp³-hybridized carbons (Fsp3) is 0.519. The number of aromatic nitrogens is 3. The predicted molar refractivity (Wildman–Crippen MR) is 136 cm³/mol. The summed E-state index contributed by atoms with van der Waals surface area (Å²) in [5.41, 5.74) is 1.27. The van der Waals surface area contributed by atoms with Crippen molar-refractivity contribution in [2.24, 2.45) is 0 Å². The Hall–Kier alpha value is -2.38. The Kier molecular flexibility index (Phi) is 7.21. The molecule has 0 bridgehead atoms. The number of carbonyl (C=O) groups excluding carboxylic acids is 1. The minimum Gasteiger partial charge on any atom is -0.372 e. The molecule has 1 saturated carbocycles. The number of thioether (sulfide) groups is 1. The van der Waals surface area contributed by atoms with Crippen LogP contribution in [0, 0.1) is 0 Å². The molecule has 2 fully saturated rings. The minimum absolute atomic E-state index is 0.0795. The summed E-state index contributed by atoms with van der Waals surface area (Å²) in [4.78, 5) is 14.9. The molecule has 1 aliphatic carbocycles. The zero-order valence-electron chi connectivity index (χ0n) is 20.2. The molecule has 0 unspecified atom stereocenters. The van der Waals surface area contributed by atoms with E-state index >= 15 is 0 Å². The third kappa shape index (κ3) is 5.15. The van der Waals surface area contributed by atoms with Crippen LogP contribution in [0.5, 0.6) is 0 Å². The Morgan fingerprint density at radius 3 is 2.53 bits per heavy atom. The van der Waals surface area contributed by atoms with Gasteiger partial charge < -0.3 is 14.2 Å². The first-order valence-electron chi connectivity index (χ1n) is 12.5. The Bertz CT molecular complexity index is 1130. The molecule has 0 spiro atoms. The maximum absolute atomic E-state index is 13.0. The highest BCUT2D eigenvalue weighted by molar-refractivity contribution is 7.99. The van der Waals surface area contributed by atoms with Crippen molar-refractivity contribution in [1.82, 2.24) is 19.7 Å². The standard InChI is InChI=1S/C27H34N4O2S/c1-19-16-30(17-20(2)33-19)26(32)18-34-27-29-28-25(31(27)23-12-4-3-5-13-23)15-22-11-8-10-21-9-6-7-14-24(21)22/h6-11,14,19-20,23H,3-5,12-13,15-18H2,1-2H3/t19-,20+. The van der Waals surface area contributed by atoms with Gasteiger partial charge in [0.15, 0.2) is 5.16 Å². The Morgan fingerprint density at radius 1 is 1.00 bits per heavy atom. The van der Waals surface area contributed by atoms with E-state index in [4.69, 9.17) is 4.74 Å². The number of nitrogens with zero attached hydrogens (tertiary/aromatic N) is 4. The average Bonchev–Trinajstić information content (AvgIpc) is 3.25. The Labute approximate surface area is 206 Å². The third-order valence-electron chi connectivity index (χ3n) is 7.00. The van der Waals surface area contributed by atoms with Crippen LogP contribution in [0.4, 0.5) is 0 Å². The van der Waals surface area contributed by atoms with Crippen molar-refractivity contribution in [1.29, 1.82) is 0 Å². The van der Waals surface area contributed by atoms with Crippen LogP contribution in [0.25, 0.3) is 10.8 Å². The van der Waals surface area contributed by atoms with Crippen LogP contribution >= 0.6 is 11.8 Å². The molecule has 6 nitrogen and oxygen atoms in total. The summed E-state index contributed by atoms with van der Waals surface area (Å²) in [6.45, 7) is 5.38. The van der Waals surface area contributed by atoms with Crippen LogP contribution in [0.3, 0.4) is 0 Å². The van der Waals surface area contributed by atoms with Crippen molar-refractivity contribution in [3.05, 3.63) is 53.9 Å². The number of hydrogen-bond donors (Lipinski definition) is 0. The van der Waals surface area contributed by atoms with E-state index in [1.54, 1.807) is 0 Å². The van der Waals surface area contributed by atoms with Crippen molar-refractivity contribution >= 4 is 28.4 Å². The van der Waals surface area contributed by atoms with Crippen LogP contribution < -0.4 is 0 Å². The molecule has 2 atom stereocenters. The van der Waals surface area contributed by atoms with Gasteiger partial charge in [0.2, 0.25) is 5.91 Å². The summed E-state index contributed by atoms with van der Waals surface area (Å²) in [5.74, 6) is 1.55. The number of hydrogen-bond acceptors (Lipinski definition) is 5. The quantitative estimate of drug-likeness (QED) is 0.453. The molecule has 5 rings (SSSR count). The lowest BCUT2D eigenvalue weighted by atomic mass is 9.95. The monoisotopic (exact) mass is 478 g/mol. The molecule has 1 aliphatic heterocycles. The van der Waals surface area contributed by atoms with E-state index in [1.165, 1.54) is 47.4 Å². The van der Waals surface area contributed by atoms with E-state index in [0.29, 0.717) is 24.9 Å². The molecule has 1 saturated heterocycles. The number of carbonyl (C=O) groups is 1. The van der Waals surface area contributed by atoms with E-state index in [9.17, 15) is 4.79 Å². The third-order valence-corrected chi connectivity index (χ3v) is 7.93. The van der Waals surface area contributed by atoms with E-state index < -0.39 is 0 Å². The molecule has 0 N–H and O–H groups in total. The first-order chi connectivity index (χ1) is 16.6. The van der Waals surface area contributed by atoms with Crippen LogP contribution in [0.15, 0.2) is 47.6 Å². The second kappa shape index (κ2) is 10.5. The maximum Gasteiger partial charge on any atom is 0.233 e. The van der Waals surface area contributed by atoms with Crippen LogP contribution in [-0.4, -0.2) is 56.6 Å². The topological polar surface area (TPSA) is 60.2 Å². The fourth-order valence-electron chi connectivity index (χ4n) is 5.45. The molecule has 1 aromatic heterocycles. The van der Waals surface area contributed by atoms with Crippen molar-refractivity contribution in [3.8, 4) is 0 Å². The highest BCUT2D eigenvalue weighted by Crippen LogP contribution is 2.34. The molecule has 3 aromatic rings. The molecule has 2 aliphatic rings. The summed E-state index contributed by atoms with van der Waals surface area (Å²) in [6, 6.07) is 15.4. The second-order valence-electron chi connectivity index (χ2n) is 9.72. The van der Waals surface area contributed by atoms with Gasteiger partial charge in [-0.15, -0.1) is 10.2 Å². The SMILES string of the molecule is C[C@@H]1CN(C(=O)CSc2nnc(Cc3cccc4ccccc34)n2C2CCCCC2)C[C@H](C)O1. The van der Waals surface area contributed by atoms with Gasteiger partial charge in [-0.05, 0) is 43.0 Å². The highest BCUT2D eigenvalue weighted by Gasteiger charge is 2.28. The van der Waals surface area contributed by atoms with E-state index in [2.05, 4.69) is 57.2 Å². The smallest absolute Gasteiger partial charge is 0.233 e. The molecule has 34 heavy (non-hydrogen) atoms. The molecule has 180 valence electrons. The second-order valence-corrected chi connectivity index (χ2v) is 10.7. The summed E-state index contributed by atoms with van der Waals surface area (Å²) in [7, 11) is 0. The zero-order valence-corrected chi connectivity index (χ0v) is 21.0. The lowest BCUT2D eigenvalue weighted by Crippen LogP contribution is -2.48. The summed E-state index contributed by atoms with van der Waals surface area (Å²) >= 11 is 1.54. The summed E-state index contributed by atoms with van der Waals surface area (Å²) in [5, 5.41) is 12.6. The predicted octanol–water partition coefficient (Wildman–Crippen LogP) is 5.26. The van der Waals surface area contributed by atoms with Crippen molar-refractivity contribution in [2.45, 2.75) is 75.8 Å². The molecule has 2 heterocycles. The number of benzene rings is 2. The molecule has 7 heteroatoms. The number of rotatable bonds is 6. The number of morpholine rings is 1. The first kappa shape index (κ1) is 23.4. The van der Waals surface area contributed by atoms with E-state index in [-0.39, 0.29) is 18.1 Å². The van der Waals surface area contributed by atoms with Gasteiger partial charge in [-0.2, -0.15) is 0 Å². The minimum atomic E-state index is 0.0795. The number of amides is 1. The van der Waals surface area contributed by atoms with Crippen molar-refractivity contribution in [2.75, 3.05) is 18.8 Å². The van der Waals surface area contributed by atoms with Crippen LogP contribution in [0.2, 0.25) is 0 Å². The largest absolute Gasteiger partial charge is 0.372 e. The lowest BCUT2D eigenvalue weighted by Gasteiger charge is -2.35. The van der Waals surface area contributed by atoms with Gasteiger partial charge in [0.1, 0.15) is 5.82 Å². The lowest BCUT2D eigenvalue weighted by molar-refractivity contribution is -0.140. The van der Waals surface area contributed by atoms with Gasteiger partial charge in [-0.3, -0.25) is 4.79 Å². The van der Waals surface area contributed by atoms with Crippen LogP contribution in [0.1, 0.15) is 63.4 Å². The van der Waals surface area contributed by atoms with Gasteiger partial charge in [-0.25, -0.2) is 0 Å². The van der Waals surface area contributed by atoms with Gasteiger partial charge >= 0.3 is 0 Å². The zero-order chi connectivity index (χ0) is 23.5. The van der Waals surface area contributed by atoms with Crippen molar-refractivity contribution in [3.63, 3.8) is 0 Å². The Balaban J connectivity index is 1.38. The van der Waals surface area contributed by atoms with E-state index in [1.807, 2.05) is 18.7 Å². The molecule has 1 amide bonds. The average molecular weight is 479 g/mol. The fourth-order valence-corrected chi connectivity index (χ4v) is 6.38. The first-order valence-corrected chi connectivity index (χ1v) is 13.5. The molecule has 2 aromatic carbocycles. The number of fused-ring (bicyclic) bond motifs is 1. The van der Waals surface area contributed by atoms with Gasteiger partial charge in [0.25, 0.3) is 0 Å².